The number of pyridine rings is 1. The number of hydrogen-bond donors (Lipinski definition) is 5. The summed E-state index contributed by atoms with van der Waals surface area (Å²) in [5.41, 5.74) is 0.652. The molecule has 1 aromatic heterocycles. The summed E-state index contributed by atoms with van der Waals surface area (Å²) in [7, 11) is 0. The Bertz CT molecular complexity index is 1490. The molecule has 0 bridgehead atoms. The summed E-state index contributed by atoms with van der Waals surface area (Å²) in [5, 5.41) is 28.1. The van der Waals surface area contributed by atoms with E-state index in [-0.39, 0.29) is 33.9 Å². The van der Waals surface area contributed by atoms with Gasteiger partial charge in [-0.15, -0.1) is 0 Å². The van der Waals surface area contributed by atoms with E-state index in [1.807, 2.05) is 6.07 Å². The first-order chi connectivity index (χ1) is 18.6. The molecule has 0 radical (unpaired) electrons. The van der Waals surface area contributed by atoms with Crippen molar-refractivity contribution in [2.24, 2.45) is 0 Å². The topological polar surface area (TPSA) is 124 Å². The van der Waals surface area contributed by atoms with E-state index in [2.05, 4.69) is 20.9 Å². The second-order valence-corrected chi connectivity index (χ2v) is 8.51. The zero-order valence-corrected chi connectivity index (χ0v) is 20.3. The SMILES string of the molecule is O=C(O)c1ccccc1Nc1ccc(C(F)(F)F)cc1Nc1ccc(CNCc2cccnc2)cc1C(=O)O. The van der Waals surface area contributed by atoms with Gasteiger partial charge in [0.2, 0.25) is 0 Å². The quantitative estimate of drug-likeness (QED) is 0.161. The molecule has 4 aromatic rings. The summed E-state index contributed by atoms with van der Waals surface area (Å²) in [6.45, 7) is 0.852. The van der Waals surface area contributed by atoms with Crippen molar-refractivity contribution < 1.29 is 33.0 Å². The molecule has 0 saturated heterocycles. The average molecular weight is 537 g/mol. The molecule has 0 unspecified atom stereocenters. The third kappa shape index (κ3) is 6.90. The summed E-state index contributed by atoms with van der Waals surface area (Å²) in [5.74, 6) is -2.50. The molecule has 0 saturated carbocycles. The average Bonchev–Trinajstić information content (AvgIpc) is 2.90. The molecule has 3 aromatic carbocycles. The molecular formula is C28H23F3N4O4. The molecule has 0 aliphatic carbocycles. The molecule has 0 fully saturated rings. The number of benzene rings is 3. The van der Waals surface area contributed by atoms with Gasteiger partial charge < -0.3 is 26.2 Å². The van der Waals surface area contributed by atoms with Gasteiger partial charge in [0.05, 0.1) is 39.4 Å². The van der Waals surface area contributed by atoms with Gasteiger partial charge in [-0.05, 0) is 59.7 Å². The van der Waals surface area contributed by atoms with Gasteiger partial charge in [0.25, 0.3) is 0 Å². The van der Waals surface area contributed by atoms with Crippen LogP contribution in [0, 0.1) is 0 Å². The molecule has 0 atom stereocenters. The summed E-state index contributed by atoms with van der Waals surface area (Å²) in [4.78, 5) is 27.7. The number of carbonyl (C=O) groups is 2. The monoisotopic (exact) mass is 536 g/mol. The number of aromatic nitrogens is 1. The summed E-state index contributed by atoms with van der Waals surface area (Å²) >= 11 is 0. The Morgan fingerprint density at radius 2 is 1.38 bits per heavy atom. The highest BCUT2D eigenvalue weighted by atomic mass is 19.4. The molecule has 8 nitrogen and oxygen atoms in total. The van der Waals surface area contributed by atoms with E-state index in [1.54, 1.807) is 30.6 Å². The Morgan fingerprint density at radius 3 is 2.08 bits per heavy atom. The molecule has 0 aliphatic heterocycles. The maximum absolute atomic E-state index is 13.5. The number of hydrogen-bond acceptors (Lipinski definition) is 6. The van der Waals surface area contributed by atoms with Crippen LogP contribution in [-0.4, -0.2) is 27.1 Å². The van der Waals surface area contributed by atoms with Crippen molar-refractivity contribution in [3.8, 4) is 0 Å². The highest BCUT2D eigenvalue weighted by Crippen LogP contribution is 2.37. The van der Waals surface area contributed by atoms with Crippen molar-refractivity contribution in [2.75, 3.05) is 10.6 Å². The smallest absolute Gasteiger partial charge is 0.416 e. The van der Waals surface area contributed by atoms with E-state index >= 15 is 0 Å². The Balaban J connectivity index is 1.64. The van der Waals surface area contributed by atoms with Crippen LogP contribution in [0.25, 0.3) is 0 Å². The minimum Gasteiger partial charge on any atom is -0.478 e. The second-order valence-electron chi connectivity index (χ2n) is 8.51. The first-order valence-corrected chi connectivity index (χ1v) is 11.7. The third-order valence-corrected chi connectivity index (χ3v) is 5.74. The molecule has 5 N–H and O–H groups in total. The minimum absolute atomic E-state index is 0.0624. The van der Waals surface area contributed by atoms with Crippen LogP contribution in [0.5, 0.6) is 0 Å². The van der Waals surface area contributed by atoms with Gasteiger partial charge in [0, 0.05) is 25.5 Å². The fourth-order valence-corrected chi connectivity index (χ4v) is 3.84. The lowest BCUT2D eigenvalue weighted by atomic mass is 10.1. The maximum atomic E-state index is 13.5. The predicted octanol–water partition coefficient (Wildman–Crippen LogP) is 6.27. The van der Waals surface area contributed by atoms with Gasteiger partial charge in [0.1, 0.15) is 0 Å². The first kappa shape index (κ1) is 27.1. The van der Waals surface area contributed by atoms with Gasteiger partial charge in [-0.25, -0.2) is 9.59 Å². The zero-order chi connectivity index (χ0) is 28.0. The molecule has 4 rings (SSSR count). The standard InChI is InChI=1S/C28H23F3N4O4/c29-28(30,31)19-8-10-24(34-22-6-2-1-5-20(22)26(36)37)25(13-19)35-23-9-7-17(12-21(23)27(38)39)14-33-16-18-4-3-11-32-15-18/h1-13,15,33-35H,14,16H2,(H,36,37)(H,38,39). The van der Waals surface area contributed by atoms with Crippen LogP contribution in [0.15, 0.2) is 85.2 Å². The molecule has 0 amide bonds. The van der Waals surface area contributed by atoms with Crippen molar-refractivity contribution in [1.29, 1.82) is 0 Å². The molecule has 39 heavy (non-hydrogen) atoms. The Hall–Kier alpha value is -4.90. The number of alkyl halides is 3. The molecule has 1 heterocycles. The molecular weight excluding hydrogens is 513 g/mol. The Morgan fingerprint density at radius 1 is 0.718 bits per heavy atom. The van der Waals surface area contributed by atoms with Gasteiger partial charge in [-0.3, -0.25) is 4.98 Å². The second kappa shape index (κ2) is 11.7. The van der Waals surface area contributed by atoms with Crippen molar-refractivity contribution in [3.05, 3.63) is 113 Å². The zero-order valence-electron chi connectivity index (χ0n) is 20.3. The van der Waals surface area contributed by atoms with E-state index in [4.69, 9.17) is 0 Å². The van der Waals surface area contributed by atoms with Gasteiger partial charge >= 0.3 is 18.1 Å². The van der Waals surface area contributed by atoms with Crippen LogP contribution in [0.4, 0.5) is 35.9 Å². The van der Waals surface area contributed by atoms with E-state index in [0.717, 1.165) is 23.8 Å². The van der Waals surface area contributed by atoms with E-state index in [1.165, 1.54) is 30.3 Å². The summed E-state index contributed by atoms with van der Waals surface area (Å²) in [6.07, 6.45) is -1.30. The van der Waals surface area contributed by atoms with Crippen molar-refractivity contribution in [3.63, 3.8) is 0 Å². The van der Waals surface area contributed by atoms with Gasteiger partial charge in [-0.1, -0.05) is 24.3 Å². The number of carboxylic acids is 2. The highest BCUT2D eigenvalue weighted by Gasteiger charge is 2.31. The Labute approximate surface area is 221 Å². The number of nitrogens with one attached hydrogen (secondary N) is 3. The molecule has 200 valence electrons. The maximum Gasteiger partial charge on any atom is 0.416 e. The largest absolute Gasteiger partial charge is 0.478 e. The molecule has 0 spiro atoms. The van der Waals surface area contributed by atoms with Crippen LogP contribution in [0.1, 0.15) is 37.4 Å². The fourth-order valence-electron chi connectivity index (χ4n) is 3.84. The minimum atomic E-state index is -4.66. The molecule has 0 aliphatic rings. The first-order valence-electron chi connectivity index (χ1n) is 11.7. The highest BCUT2D eigenvalue weighted by molar-refractivity contribution is 5.98. The third-order valence-electron chi connectivity index (χ3n) is 5.74. The van der Waals surface area contributed by atoms with Crippen LogP contribution in [0.2, 0.25) is 0 Å². The Kier molecular flexibility index (Phi) is 8.11. The lowest BCUT2D eigenvalue weighted by Gasteiger charge is -2.19. The van der Waals surface area contributed by atoms with Crippen LogP contribution < -0.4 is 16.0 Å². The van der Waals surface area contributed by atoms with Crippen molar-refractivity contribution in [1.82, 2.24) is 10.3 Å². The van der Waals surface area contributed by atoms with E-state index < -0.39 is 23.7 Å². The van der Waals surface area contributed by atoms with Gasteiger partial charge in [0.15, 0.2) is 0 Å². The number of aromatic carboxylic acids is 2. The number of nitrogens with zero attached hydrogens (tertiary/aromatic N) is 1. The van der Waals surface area contributed by atoms with Crippen molar-refractivity contribution in [2.45, 2.75) is 19.3 Å². The van der Waals surface area contributed by atoms with Gasteiger partial charge in [-0.2, -0.15) is 13.2 Å². The van der Waals surface area contributed by atoms with E-state index in [0.29, 0.717) is 18.7 Å². The van der Waals surface area contributed by atoms with Crippen LogP contribution in [-0.2, 0) is 19.3 Å². The fraction of sp³-hybridized carbons (Fsp3) is 0.107. The van der Waals surface area contributed by atoms with Crippen molar-refractivity contribution >= 4 is 34.7 Å². The summed E-state index contributed by atoms with van der Waals surface area (Å²) < 4.78 is 40.5. The number of rotatable bonds is 10. The summed E-state index contributed by atoms with van der Waals surface area (Å²) in [6, 6.07) is 17.0. The number of anilines is 4. The predicted molar refractivity (Wildman–Crippen MR) is 140 cm³/mol. The number of para-hydroxylation sites is 1. The van der Waals surface area contributed by atoms with Crippen LogP contribution in [0.3, 0.4) is 0 Å². The molecule has 11 heteroatoms. The van der Waals surface area contributed by atoms with E-state index in [9.17, 15) is 33.0 Å². The lowest BCUT2D eigenvalue weighted by molar-refractivity contribution is -0.137. The number of carboxylic acid groups (broad SMARTS) is 2. The lowest BCUT2D eigenvalue weighted by Crippen LogP contribution is -2.14. The van der Waals surface area contributed by atoms with Crippen LogP contribution >= 0.6 is 0 Å². The number of halogens is 3. The normalized spacial score (nSPS) is 11.2.